The number of fused-ring (bicyclic) bond motifs is 1. The van der Waals surface area contributed by atoms with Crippen LogP contribution in [0.4, 0.5) is 0 Å². The maximum absolute atomic E-state index is 12.5. The highest BCUT2D eigenvalue weighted by Gasteiger charge is 2.25. The molecule has 1 amide bonds. The number of rotatable bonds is 5. The Morgan fingerprint density at radius 3 is 2.74 bits per heavy atom. The Hall–Kier alpha value is -2.23. The summed E-state index contributed by atoms with van der Waals surface area (Å²) < 4.78 is 29.6. The Labute approximate surface area is 161 Å². The van der Waals surface area contributed by atoms with Gasteiger partial charge in [0.15, 0.2) is 0 Å². The van der Waals surface area contributed by atoms with Crippen LogP contribution < -0.4 is 10.3 Å². The first-order valence-corrected chi connectivity index (χ1v) is 10.7. The molecule has 0 spiro atoms. The smallest absolute Gasteiger partial charge is 0.339 e. The summed E-state index contributed by atoms with van der Waals surface area (Å²) in [6.07, 6.45) is 2.95. The molecule has 2 N–H and O–H groups in total. The van der Waals surface area contributed by atoms with Gasteiger partial charge in [-0.15, -0.1) is 16.2 Å². The SMILES string of the molecule is COC(=O)c1ccccc1S(=O)(=O)NNC(=O)c1cc2c(s1)CC[C@H](C)C2. The zero-order chi connectivity index (χ0) is 19.6. The van der Waals surface area contributed by atoms with Gasteiger partial charge in [0.2, 0.25) is 0 Å². The number of amides is 1. The van der Waals surface area contributed by atoms with E-state index in [0.29, 0.717) is 10.8 Å². The Balaban J connectivity index is 1.75. The van der Waals surface area contributed by atoms with E-state index in [9.17, 15) is 18.0 Å². The number of hydrazine groups is 1. The van der Waals surface area contributed by atoms with Crippen LogP contribution in [0.3, 0.4) is 0 Å². The maximum atomic E-state index is 12.5. The van der Waals surface area contributed by atoms with Crippen molar-refractivity contribution in [3.05, 3.63) is 51.2 Å². The molecule has 0 bridgehead atoms. The average molecular weight is 409 g/mol. The van der Waals surface area contributed by atoms with Crippen molar-refractivity contribution in [2.24, 2.45) is 5.92 Å². The summed E-state index contributed by atoms with van der Waals surface area (Å²) in [5.41, 5.74) is 3.27. The van der Waals surface area contributed by atoms with E-state index in [4.69, 9.17) is 0 Å². The molecule has 0 saturated heterocycles. The van der Waals surface area contributed by atoms with Crippen LogP contribution in [-0.4, -0.2) is 27.4 Å². The fraction of sp³-hybridized carbons (Fsp3) is 0.333. The van der Waals surface area contributed by atoms with Crippen LogP contribution in [0, 0.1) is 5.92 Å². The second kappa shape index (κ2) is 7.79. The number of esters is 1. The van der Waals surface area contributed by atoms with Crippen LogP contribution in [0.2, 0.25) is 0 Å². The third kappa shape index (κ3) is 4.20. The Morgan fingerprint density at radius 1 is 1.26 bits per heavy atom. The molecule has 0 unspecified atom stereocenters. The fourth-order valence-corrected chi connectivity index (χ4v) is 5.17. The first kappa shape index (κ1) is 19.5. The molecule has 144 valence electrons. The quantitative estimate of drug-likeness (QED) is 0.584. The van der Waals surface area contributed by atoms with Crippen molar-refractivity contribution in [1.29, 1.82) is 0 Å². The highest BCUT2D eigenvalue weighted by atomic mass is 32.2. The van der Waals surface area contributed by atoms with Crippen molar-refractivity contribution in [1.82, 2.24) is 10.3 Å². The molecule has 1 aliphatic rings. The van der Waals surface area contributed by atoms with Crippen molar-refractivity contribution < 1.29 is 22.7 Å². The normalized spacial score (nSPS) is 16.4. The van der Waals surface area contributed by atoms with E-state index < -0.39 is 21.9 Å². The monoisotopic (exact) mass is 408 g/mol. The van der Waals surface area contributed by atoms with E-state index in [1.807, 2.05) is 6.07 Å². The predicted molar refractivity (Wildman–Crippen MR) is 101 cm³/mol. The van der Waals surface area contributed by atoms with Crippen LogP contribution in [0.5, 0.6) is 0 Å². The van der Waals surface area contributed by atoms with E-state index in [2.05, 4.69) is 21.9 Å². The summed E-state index contributed by atoms with van der Waals surface area (Å²) in [7, 11) is -2.97. The van der Waals surface area contributed by atoms with Crippen molar-refractivity contribution in [2.75, 3.05) is 7.11 Å². The number of methoxy groups -OCH3 is 1. The van der Waals surface area contributed by atoms with Crippen molar-refractivity contribution >= 4 is 33.2 Å². The number of ether oxygens (including phenoxy) is 1. The van der Waals surface area contributed by atoms with E-state index >= 15 is 0 Å². The van der Waals surface area contributed by atoms with Crippen molar-refractivity contribution in [2.45, 2.75) is 31.1 Å². The second-order valence-electron chi connectivity index (χ2n) is 6.45. The molecule has 27 heavy (non-hydrogen) atoms. The van der Waals surface area contributed by atoms with Crippen molar-refractivity contribution in [3.63, 3.8) is 0 Å². The average Bonchev–Trinajstić information content (AvgIpc) is 3.08. The molecule has 7 nitrogen and oxygen atoms in total. The Kier molecular flexibility index (Phi) is 5.64. The number of hydrogen-bond donors (Lipinski definition) is 2. The van der Waals surface area contributed by atoms with Gasteiger partial charge in [0.1, 0.15) is 0 Å². The van der Waals surface area contributed by atoms with Gasteiger partial charge in [-0.1, -0.05) is 19.1 Å². The predicted octanol–water partition coefficient (Wildman–Crippen LogP) is 2.28. The lowest BCUT2D eigenvalue weighted by Gasteiger charge is -2.16. The number of benzene rings is 1. The van der Waals surface area contributed by atoms with Crippen LogP contribution in [-0.2, 0) is 27.6 Å². The molecule has 0 aliphatic heterocycles. The third-order valence-corrected chi connectivity index (χ3v) is 6.98. The molecule has 0 saturated carbocycles. The Bertz CT molecular complexity index is 981. The summed E-state index contributed by atoms with van der Waals surface area (Å²) in [5.74, 6) is -0.722. The number of carbonyl (C=O) groups is 2. The zero-order valence-electron chi connectivity index (χ0n) is 14.9. The molecule has 1 aliphatic carbocycles. The van der Waals surface area contributed by atoms with E-state index in [-0.39, 0.29) is 10.5 Å². The molecule has 1 atom stereocenters. The molecule has 0 fully saturated rings. The van der Waals surface area contributed by atoms with E-state index in [0.717, 1.165) is 24.8 Å². The van der Waals surface area contributed by atoms with Gasteiger partial charge in [-0.25, -0.2) is 13.2 Å². The molecule has 3 rings (SSSR count). The summed E-state index contributed by atoms with van der Waals surface area (Å²) in [6, 6.07) is 7.45. The van der Waals surface area contributed by atoms with Gasteiger partial charge in [0, 0.05) is 4.88 Å². The van der Waals surface area contributed by atoms with Gasteiger partial charge < -0.3 is 4.74 Å². The minimum Gasteiger partial charge on any atom is -0.465 e. The maximum Gasteiger partial charge on any atom is 0.339 e. The zero-order valence-corrected chi connectivity index (χ0v) is 16.6. The molecule has 1 heterocycles. The molecule has 2 aromatic rings. The highest BCUT2D eigenvalue weighted by Crippen LogP contribution is 2.32. The first-order valence-electron chi connectivity index (χ1n) is 8.43. The number of aryl methyl sites for hydroxylation is 1. The highest BCUT2D eigenvalue weighted by molar-refractivity contribution is 7.89. The lowest BCUT2D eigenvalue weighted by molar-refractivity contribution is 0.0596. The molecule has 1 aromatic heterocycles. The number of carbonyl (C=O) groups excluding carboxylic acids is 2. The van der Waals surface area contributed by atoms with Gasteiger partial charge in [-0.05, 0) is 48.9 Å². The summed E-state index contributed by atoms with van der Waals surface area (Å²) in [6.45, 7) is 2.17. The van der Waals surface area contributed by atoms with Crippen molar-refractivity contribution in [3.8, 4) is 0 Å². The topological polar surface area (TPSA) is 102 Å². The molecular formula is C18H20N2O5S2. The van der Waals surface area contributed by atoms with Crippen LogP contribution in [0.25, 0.3) is 0 Å². The first-order chi connectivity index (χ1) is 12.8. The fourth-order valence-electron chi connectivity index (χ4n) is 3.03. The second-order valence-corrected chi connectivity index (χ2v) is 9.24. The lowest BCUT2D eigenvalue weighted by atomic mass is 9.90. The number of nitrogens with one attached hydrogen (secondary N) is 2. The molecule has 1 aromatic carbocycles. The molecular weight excluding hydrogens is 388 g/mol. The minimum atomic E-state index is -4.14. The van der Waals surface area contributed by atoms with Gasteiger partial charge in [-0.3, -0.25) is 10.2 Å². The van der Waals surface area contributed by atoms with Gasteiger partial charge in [-0.2, -0.15) is 0 Å². The minimum absolute atomic E-state index is 0.109. The third-order valence-electron chi connectivity index (χ3n) is 4.43. The Morgan fingerprint density at radius 2 is 2.00 bits per heavy atom. The standard InChI is InChI=1S/C18H20N2O5S2/c1-11-7-8-14-12(9-11)10-15(26-14)17(21)19-20-27(23,24)16-6-4-3-5-13(16)18(22)25-2/h3-6,10-11,20H,7-9H2,1-2H3,(H,19,21)/t11-/m0/s1. The molecule has 9 heteroatoms. The van der Waals surface area contributed by atoms with Crippen LogP contribution in [0.15, 0.2) is 35.2 Å². The van der Waals surface area contributed by atoms with Gasteiger partial charge in [0.25, 0.3) is 15.9 Å². The molecule has 0 radical (unpaired) electrons. The summed E-state index contributed by atoms with van der Waals surface area (Å²) in [5, 5.41) is 0. The summed E-state index contributed by atoms with van der Waals surface area (Å²) >= 11 is 1.38. The van der Waals surface area contributed by atoms with E-state index in [1.165, 1.54) is 47.6 Å². The lowest BCUT2D eigenvalue weighted by Crippen LogP contribution is -2.41. The number of thiophene rings is 1. The number of hydrogen-bond acceptors (Lipinski definition) is 6. The summed E-state index contributed by atoms with van der Waals surface area (Å²) in [4.78, 5) is 27.6. The largest absolute Gasteiger partial charge is 0.465 e. The van der Waals surface area contributed by atoms with E-state index in [1.54, 1.807) is 0 Å². The van der Waals surface area contributed by atoms with Crippen LogP contribution in [0.1, 0.15) is 43.8 Å². The van der Waals surface area contributed by atoms with Crippen LogP contribution >= 0.6 is 11.3 Å². The van der Waals surface area contributed by atoms with Gasteiger partial charge >= 0.3 is 5.97 Å². The number of sulfonamides is 1. The van der Waals surface area contributed by atoms with Gasteiger partial charge in [0.05, 0.1) is 22.4 Å².